The lowest BCUT2D eigenvalue weighted by molar-refractivity contribution is 0.0746. The van der Waals surface area contributed by atoms with Gasteiger partial charge in [-0.15, -0.1) is 11.3 Å². The quantitative estimate of drug-likeness (QED) is 0.855. The number of hydrogen-bond acceptors (Lipinski definition) is 4. The van der Waals surface area contributed by atoms with E-state index in [-0.39, 0.29) is 5.91 Å². The first-order valence-corrected chi connectivity index (χ1v) is 8.47. The third kappa shape index (κ3) is 2.86. The van der Waals surface area contributed by atoms with Crippen LogP contribution >= 0.6 is 11.3 Å². The monoisotopic (exact) mass is 315 g/mol. The Bertz CT molecular complexity index is 687. The molecule has 0 aliphatic carbocycles. The average molecular weight is 315 g/mol. The highest BCUT2D eigenvalue weighted by molar-refractivity contribution is 7.11. The Balaban J connectivity index is 1.67. The van der Waals surface area contributed by atoms with E-state index in [2.05, 4.69) is 41.9 Å². The highest BCUT2D eigenvalue weighted by atomic mass is 32.1. The van der Waals surface area contributed by atoms with Crippen LogP contribution in [0.4, 0.5) is 5.69 Å². The van der Waals surface area contributed by atoms with Crippen LogP contribution in [-0.4, -0.2) is 42.0 Å². The van der Waals surface area contributed by atoms with Gasteiger partial charge in [0.1, 0.15) is 0 Å². The van der Waals surface area contributed by atoms with Gasteiger partial charge in [-0.25, -0.2) is 4.98 Å². The van der Waals surface area contributed by atoms with Crippen molar-refractivity contribution in [3.05, 3.63) is 45.4 Å². The maximum absolute atomic E-state index is 12.4. The fourth-order valence-corrected chi connectivity index (χ4v) is 3.58. The molecule has 1 amide bonds. The zero-order chi connectivity index (χ0) is 15.7. The first-order valence-electron chi connectivity index (χ1n) is 7.59. The van der Waals surface area contributed by atoms with Crippen LogP contribution in [0.5, 0.6) is 0 Å². The number of carbonyl (C=O) groups excluding carboxylic acids is 1. The summed E-state index contributed by atoms with van der Waals surface area (Å²) in [7, 11) is 0. The number of piperazine rings is 1. The Kier molecular flexibility index (Phi) is 4.16. The van der Waals surface area contributed by atoms with Gasteiger partial charge in [-0.3, -0.25) is 4.79 Å². The van der Waals surface area contributed by atoms with E-state index >= 15 is 0 Å². The molecule has 1 aromatic heterocycles. The molecule has 4 nitrogen and oxygen atoms in total. The molecule has 0 saturated carbocycles. The van der Waals surface area contributed by atoms with Crippen molar-refractivity contribution in [2.45, 2.75) is 20.8 Å². The van der Waals surface area contributed by atoms with E-state index in [9.17, 15) is 4.79 Å². The van der Waals surface area contributed by atoms with Gasteiger partial charge in [-0.2, -0.15) is 0 Å². The summed E-state index contributed by atoms with van der Waals surface area (Å²) in [6, 6.07) is 6.42. The van der Waals surface area contributed by atoms with Gasteiger partial charge in [0, 0.05) is 42.9 Å². The van der Waals surface area contributed by atoms with Crippen molar-refractivity contribution >= 4 is 22.9 Å². The first kappa shape index (κ1) is 15.0. The smallest absolute Gasteiger partial charge is 0.282 e. The van der Waals surface area contributed by atoms with Gasteiger partial charge in [0.2, 0.25) is 0 Å². The molecular weight excluding hydrogens is 294 g/mol. The summed E-state index contributed by atoms with van der Waals surface area (Å²) in [5.74, 6) is 0.0683. The Morgan fingerprint density at radius 1 is 1.14 bits per heavy atom. The van der Waals surface area contributed by atoms with Crippen LogP contribution in [0.15, 0.2) is 23.6 Å². The maximum atomic E-state index is 12.4. The van der Waals surface area contributed by atoms with Gasteiger partial charge in [0.15, 0.2) is 5.01 Å². The summed E-state index contributed by atoms with van der Waals surface area (Å²) in [6.45, 7) is 9.49. The zero-order valence-corrected chi connectivity index (χ0v) is 14.1. The minimum atomic E-state index is 0.0683. The molecule has 2 aromatic rings. The van der Waals surface area contributed by atoms with Gasteiger partial charge in [-0.1, -0.05) is 12.1 Å². The average Bonchev–Trinajstić information content (AvgIpc) is 2.96. The third-order valence-electron chi connectivity index (χ3n) is 4.29. The van der Waals surface area contributed by atoms with E-state index in [1.54, 1.807) is 0 Å². The molecule has 2 heterocycles. The van der Waals surface area contributed by atoms with Crippen LogP contribution in [0.3, 0.4) is 0 Å². The van der Waals surface area contributed by atoms with Crippen LogP contribution in [0, 0.1) is 20.8 Å². The molecule has 1 aliphatic rings. The van der Waals surface area contributed by atoms with Crippen molar-refractivity contribution in [1.82, 2.24) is 9.88 Å². The van der Waals surface area contributed by atoms with Crippen LogP contribution in [0.25, 0.3) is 0 Å². The molecule has 116 valence electrons. The van der Waals surface area contributed by atoms with Crippen LogP contribution < -0.4 is 4.90 Å². The largest absolute Gasteiger partial charge is 0.368 e. The van der Waals surface area contributed by atoms with Gasteiger partial charge < -0.3 is 9.80 Å². The second kappa shape index (κ2) is 6.08. The summed E-state index contributed by atoms with van der Waals surface area (Å²) < 4.78 is 0. The highest BCUT2D eigenvalue weighted by Gasteiger charge is 2.24. The Morgan fingerprint density at radius 2 is 1.86 bits per heavy atom. The maximum Gasteiger partial charge on any atom is 0.282 e. The minimum Gasteiger partial charge on any atom is -0.368 e. The topological polar surface area (TPSA) is 36.4 Å². The fraction of sp³-hybridized carbons (Fsp3) is 0.412. The number of thiazole rings is 1. The molecule has 0 bridgehead atoms. The summed E-state index contributed by atoms with van der Waals surface area (Å²) >= 11 is 1.44. The van der Waals surface area contributed by atoms with Gasteiger partial charge >= 0.3 is 0 Å². The standard InChI is InChI=1S/C17H21N3OS/c1-12-5-4-6-15(14(12)3)19-7-9-20(10-8-19)17(21)16-18-13(2)11-22-16/h4-6,11H,7-10H2,1-3H3. The van der Waals surface area contributed by atoms with Crippen molar-refractivity contribution in [1.29, 1.82) is 0 Å². The number of hydrogen-bond donors (Lipinski definition) is 0. The number of nitrogens with zero attached hydrogens (tertiary/aromatic N) is 3. The number of benzene rings is 1. The summed E-state index contributed by atoms with van der Waals surface area (Å²) in [6.07, 6.45) is 0. The van der Waals surface area contributed by atoms with E-state index in [1.807, 2.05) is 17.2 Å². The fourth-order valence-electron chi connectivity index (χ4n) is 2.82. The molecule has 0 unspecified atom stereocenters. The van der Waals surface area contributed by atoms with E-state index in [0.29, 0.717) is 5.01 Å². The van der Waals surface area contributed by atoms with Crippen molar-refractivity contribution in [2.75, 3.05) is 31.1 Å². The Morgan fingerprint density at radius 3 is 2.50 bits per heavy atom. The SMILES string of the molecule is Cc1csc(C(=O)N2CCN(c3cccc(C)c3C)CC2)n1. The Labute approximate surface area is 135 Å². The van der Waals surface area contributed by atoms with E-state index in [1.165, 1.54) is 28.2 Å². The molecule has 1 saturated heterocycles. The molecule has 0 radical (unpaired) electrons. The van der Waals surface area contributed by atoms with Crippen molar-refractivity contribution in [2.24, 2.45) is 0 Å². The molecule has 0 N–H and O–H groups in total. The highest BCUT2D eigenvalue weighted by Crippen LogP contribution is 2.24. The van der Waals surface area contributed by atoms with E-state index in [0.717, 1.165) is 31.9 Å². The number of aromatic nitrogens is 1. The van der Waals surface area contributed by atoms with E-state index in [4.69, 9.17) is 0 Å². The van der Waals surface area contributed by atoms with E-state index < -0.39 is 0 Å². The van der Waals surface area contributed by atoms with Crippen LogP contribution in [0.1, 0.15) is 26.6 Å². The third-order valence-corrected chi connectivity index (χ3v) is 5.23. The number of rotatable bonds is 2. The minimum absolute atomic E-state index is 0.0683. The van der Waals surface area contributed by atoms with Crippen molar-refractivity contribution in [3.63, 3.8) is 0 Å². The van der Waals surface area contributed by atoms with Gasteiger partial charge in [0.25, 0.3) is 5.91 Å². The number of amides is 1. The molecule has 22 heavy (non-hydrogen) atoms. The first-order chi connectivity index (χ1) is 10.6. The molecule has 0 atom stereocenters. The summed E-state index contributed by atoms with van der Waals surface area (Å²) in [5.41, 5.74) is 4.85. The lowest BCUT2D eigenvalue weighted by Crippen LogP contribution is -2.49. The van der Waals surface area contributed by atoms with Crippen molar-refractivity contribution in [3.8, 4) is 0 Å². The lowest BCUT2D eigenvalue weighted by atomic mass is 10.1. The molecule has 1 aliphatic heterocycles. The van der Waals surface area contributed by atoms with Crippen LogP contribution in [-0.2, 0) is 0 Å². The van der Waals surface area contributed by atoms with Crippen LogP contribution in [0.2, 0.25) is 0 Å². The van der Waals surface area contributed by atoms with Crippen molar-refractivity contribution < 1.29 is 4.79 Å². The number of aryl methyl sites for hydroxylation is 2. The second-order valence-corrected chi connectivity index (χ2v) is 6.65. The summed E-state index contributed by atoms with van der Waals surface area (Å²) in [5, 5.41) is 2.54. The number of carbonyl (C=O) groups is 1. The lowest BCUT2D eigenvalue weighted by Gasteiger charge is -2.36. The predicted molar refractivity (Wildman–Crippen MR) is 90.9 cm³/mol. The summed E-state index contributed by atoms with van der Waals surface area (Å²) in [4.78, 5) is 21.0. The number of anilines is 1. The second-order valence-electron chi connectivity index (χ2n) is 5.79. The Hall–Kier alpha value is -1.88. The zero-order valence-electron chi connectivity index (χ0n) is 13.3. The van der Waals surface area contributed by atoms with Gasteiger partial charge in [0.05, 0.1) is 0 Å². The molecular formula is C17H21N3OS. The molecule has 0 spiro atoms. The molecule has 1 fully saturated rings. The molecule has 5 heteroatoms. The normalized spacial score (nSPS) is 15.2. The molecule has 3 rings (SSSR count). The van der Waals surface area contributed by atoms with Gasteiger partial charge in [-0.05, 0) is 38.0 Å². The molecule has 1 aromatic carbocycles. The predicted octanol–water partition coefficient (Wildman–Crippen LogP) is 3.03.